The molecule has 7 nitrogen and oxygen atoms in total. The second-order valence-corrected chi connectivity index (χ2v) is 6.94. The number of amides is 3. The van der Waals surface area contributed by atoms with Crippen LogP contribution in [0.5, 0.6) is 0 Å². The molecule has 0 aliphatic carbocycles. The lowest BCUT2D eigenvalue weighted by Gasteiger charge is -2.18. The summed E-state index contributed by atoms with van der Waals surface area (Å²) in [6.07, 6.45) is 0.998. The normalized spacial score (nSPS) is 14.6. The number of benzene rings is 2. The van der Waals surface area contributed by atoms with Gasteiger partial charge in [0.2, 0.25) is 5.91 Å². The average molecular weight is 395 g/mol. The van der Waals surface area contributed by atoms with Crippen molar-refractivity contribution in [3.8, 4) is 0 Å². The fourth-order valence-electron chi connectivity index (χ4n) is 3.39. The molecule has 0 spiro atoms. The summed E-state index contributed by atoms with van der Waals surface area (Å²) in [6, 6.07) is 14.7. The Balaban J connectivity index is 1.59. The second-order valence-electron chi connectivity index (χ2n) is 6.94. The van der Waals surface area contributed by atoms with E-state index in [1.54, 1.807) is 30.2 Å². The van der Waals surface area contributed by atoms with E-state index in [0.717, 1.165) is 17.5 Å². The van der Waals surface area contributed by atoms with Crippen LogP contribution in [0.2, 0.25) is 0 Å². The van der Waals surface area contributed by atoms with Gasteiger partial charge in [-0.15, -0.1) is 0 Å². The number of rotatable bonds is 6. The SMILES string of the molecule is CO[C@@H](CNC(=O)C(=O)Nc1cccc(N2CCCC2=O)c1)c1ccccc1C. The zero-order valence-corrected chi connectivity index (χ0v) is 16.6. The van der Waals surface area contributed by atoms with Gasteiger partial charge in [0.1, 0.15) is 0 Å². The van der Waals surface area contributed by atoms with E-state index in [4.69, 9.17) is 4.74 Å². The first-order valence-corrected chi connectivity index (χ1v) is 9.57. The molecule has 1 aliphatic rings. The maximum atomic E-state index is 12.3. The molecule has 1 aliphatic heterocycles. The quantitative estimate of drug-likeness (QED) is 0.736. The van der Waals surface area contributed by atoms with Gasteiger partial charge in [-0.05, 0) is 42.7 Å². The minimum absolute atomic E-state index is 0.0630. The number of hydrogen-bond donors (Lipinski definition) is 2. The Morgan fingerprint density at radius 3 is 2.62 bits per heavy atom. The molecular weight excluding hydrogens is 370 g/mol. The number of aryl methyl sites for hydroxylation is 1. The molecule has 3 amide bonds. The summed E-state index contributed by atoms with van der Waals surface area (Å²) >= 11 is 0. The van der Waals surface area contributed by atoms with Crippen LogP contribution in [0, 0.1) is 6.92 Å². The van der Waals surface area contributed by atoms with Gasteiger partial charge in [-0.1, -0.05) is 30.3 Å². The van der Waals surface area contributed by atoms with Crippen molar-refractivity contribution in [1.29, 1.82) is 0 Å². The first kappa shape index (κ1) is 20.5. The molecule has 0 saturated carbocycles. The maximum absolute atomic E-state index is 12.3. The van der Waals surface area contributed by atoms with Crippen molar-refractivity contribution in [3.05, 3.63) is 59.7 Å². The highest BCUT2D eigenvalue weighted by atomic mass is 16.5. The molecule has 1 heterocycles. The summed E-state index contributed by atoms with van der Waals surface area (Å²) in [6.45, 7) is 2.80. The summed E-state index contributed by atoms with van der Waals surface area (Å²) in [7, 11) is 1.56. The summed E-state index contributed by atoms with van der Waals surface area (Å²) in [5.74, 6) is -1.45. The number of carbonyl (C=O) groups excluding carboxylic acids is 3. The van der Waals surface area contributed by atoms with E-state index in [1.807, 2.05) is 37.3 Å². The average Bonchev–Trinajstić information content (AvgIpc) is 3.15. The van der Waals surface area contributed by atoms with Crippen molar-refractivity contribution in [3.63, 3.8) is 0 Å². The van der Waals surface area contributed by atoms with Gasteiger partial charge in [0.05, 0.1) is 6.10 Å². The van der Waals surface area contributed by atoms with Crippen LogP contribution in [-0.2, 0) is 19.1 Å². The summed E-state index contributed by atoms with van der Waals surface area (Å²) < 4.78 is 5.46. The van der Waals surface area contributed by atoms with E-state index in [-0.39, 0.29) is 18.6 Å². The first-order chi connectivity index (χ1) is 14.0. The molecule has 3 rings (SSSR count). The highest BCUT2D eigenvalue weighted by molar-refractivity contribution is 6.39. The van der Waals surface area contributed by atoms with Crippen LogP contribution in [0.1, 0.15) is 30.1 Å². The highest BCUT2D eigenvalue weighted by Crippen LogP contribution is 2.24. The predicted molar refractivity (Wildman–Crippen MR) is 111 cm³/mol. The van der Waals surface area contributed by atoms with Crippen LogP contribution in [0.25, 0.3) is 0 Å². The van der Waals surface area contributed by atoms with Gasteiger partial charge in [0.15, 0.2) is 0 Å². The van der Waals surface area contributed by atoms with Gasteiger partial charge in [0.25, 0.3) is 0 Å². The van der Waals surface area contributed by atoms with Gasteiger partial charge in [-0.3, -0.25) is 14.4 Å². The Morgan fingerprint density at radius 1 is 1.14 bits per heavy atom. The number of ether oxygens (including phenoxy) is 1. The van der Waals surface area contributed by atoms with Crippen LogP contribution >= 0.6 is 0 Å². The number of hydrogen-bond acceptors (Lipinski definition) is 4. The summed E-state index contributed by atoms with van der Waals surface area (Å²) in [4.78, 5) is 38.1. The molecule has 1 atom stereocenters. The largest absolute Gasteiger partial charge is 0.375 e. The molecule has 2 aromatic rings. The van der Waals surface area contributed by atoms with Gasteiger partial charge >= 0.3 is 11.8 Å². The van der Waals surface area contributed by atoms with Crippen molar-refractivity contribution >= 4 is 29.1 Å². The molecule has 1 fully saturated rings. The second kappa shape index (κ2) is 9.34. The zero-order chi connectivity index (χ0) is 20.8. The molecule has 0 bridgehead atoms. The van der Waals surface area contributed by atoms with Crippen LogP contribution in [0.15, 0.2) is 48.5 Å². The number of methoxy groups -OCH3 is 1. The smallest absolute Gasteiger partial charge is 0.313 e. The van der Waals surface area contributed by atoms with Gasteiger partial charge in [-0.25, -0.2) is 0 Å². The minimum atomic E-state index is -0.769. The Kier molecular flexibility index (Phi) is 6.61. The third-order valence-corrected chi connectivity index (χ3v) is 4.96. The van der Waals surface area contributed by atoms with Crippen molar-refractivity contribution in [1.82, 2.24) is 5.32 Å². The molecule has 0 radical (unpaired) electrons. The van der Waals surface area contributed by atoms with Crippen molar-refractivity contribution in [2.45, 2.75) is 25.9 Å². The Bertz CT molecular complexity index is 912. The summed E-state index contributed by atoms with van der Waals surface area (Å²) in [5, 5.41) is 5.20. The van der Waals surface area contributed by atoms with Crippen LogP contribution < -0.4 is 15.5 Å². The molecule has 2 aromatic carbocycles. The minimum Gasteiger partial charge on any atom is -0.375 e. The highest BCUT2D eigenvalue weighted by Gasteiger charge is 2.22. The van der Waals surface area contributed by atoms with E-state index >= 15 is 0 Å². The Hall–Kier alpha value is -3.19. The molecule has 2 N–H and O–H groups in total. The lowest BCUT2D eigenvalue weighted by molar-refractivity contribution is -0.136. The lowest BCUT2D eigenvalue weighted by Crippen LogP contribution is -2.38. The predicted octanol–water partition coefficient (Wildman–Crippen LogP) is 2.56. The maximum Gasteiger partial charge on any atom is 0.313 e. The molecule has 152 valence electrons. The topological polar surface area (TPSA) is 87.7 Å². The van der Waals surface area contributed by atoms with Crippen LogP contribution in [-0.4, -0.2) is 37.9 Å². The fraction of sp³-hybridized carbons (Fsp3) is 0.318. The van der Waals surface area contributed by atoms with Crippen molar-refractivity contribution < 1.29 is 19.1 Å². The van der Waals surface area contributed by atoms with Gasteiger partial charge < -0.3 is 20.3 Å². The third-order valence-electron chi connectivity index (χ3n) is 4.96. The third kappa shape index (κ3) is 5.00. The van der Waals surface area contributed by atoms with E-state index in [2.05, 4.69) is 10.6 Å². The van der Waals surface area contributed by atoms with E-state index in [9.17, 15) is 14.4 Å². The molecule has 7 heteroatoms. The van der Waals surface area contributed by atoms with Gasteiger partial charge in [0, 0.05) is 38.0 Å². The Labute approximate surface area is 170 Å². The fourth-order valence-corrected chi connectivity index (χ4v) is 3.39. The van der Waals surface area contributed by atoms with Crippen LogP contribution in [0.3, 0.4) is 0 Å². The first-order valence-electron chi connectivity index (χ1n) is 9.57. The van der Waals surface area contributed by atoms with E-state index in [1.165, 1.54) is 0 Å². The number of carbonyl (C=O) groups is 3. The summed E-state index contributed by atoms with van der Waals surface area (Å²) in [5.41, 5.74) is 3.18. The Morgan fingerprint density at radius 2 is 1.93 bits per heavy atom. The molecule has 0 unspecified atom stereocenters. The standard InChI is InChI=1S/C22H25N3O4/c1-15-7-3-4-10-18(15)19(29-2)14-23-21(27)22(28)24-16-8-5-9-17(13-16)25-12-6-11-20(25)26/h3-5,7-10,13,19H,6,11-12,14H2,1-2H3,(H,23,27)(H,24,28)/t19-/m0/s1. The van der Waals surface area contributed by atoms with E-state index in [0.29, 0.717) is 24.3 Å². The van der Waals surface area contributed by atoms with Crippen molar-refractivity contribution in [2.75, 3.05) is 30.4 Å². The monoisotopic (exact) mass is 395 g/mol. The van der Waals surface area contributed by atoms with Crippen molar-refractivity contribution in [2.24, 2.45) is 0 Å². The van der Waals surface area contributed by atoms with Crippen LogP contribution in [0.4, 0.5) is 11.4 Å². The number of nitrogens with one attached hydrogen (secondary N) is 2. The molecular formula is C22H25N3O4. The molecule has 0 aromatic heterocycles. The zero-order valence-electron chi connectivity index (χ0n) is 16.6. The number of anilines is 2. The van der Waals surface area contributed by atoms with E-state index < -0.39 is 11.8 Å². The molecule has 1 saturated heterocycles. The van der Waals surface area contributed by atoms with Gasteiger partial charge in [-0.2, -0.15) is 0 Å². The number of nitrogens with zero attached hydrogens (tertiary/aromatic N) is 1. The lowest BCUT2D eigenvalue weighted by atomic mass is 10.0. The molecule has 29 heavy (non-hydrogen) atoms.